The lowest BCUT2D eigenvalue weighted by atomic mass is 10.2. The Labute approximate surface area is 176 Å². The Morgan fingerprint density at radius 3 is 2.50 bits per heavy atom. The van der Waals surface area contributed by atoms with E-state index in [9.17, 15) is 13.2 Å². The van der Waals surface area contributed by atoms with E-state index in [0.29, 0.717) is 29.4 Å². The minimum absolute atomic E-state index is 0.274. The van der Waals surface area contributed by atoms with Crippen molar-refractivity contribution in [3.63, 3.8) is 0 Å². The highest BCUT2D eigenvalue weighted by Gasteiger charge is 2.23. The second-order valence-corrected chi connectivity index (χ2v) is 7.98. The number of ether oxygens (including phenoxy) is 3. The van der Waals surface area contributed by atoms with Crippen LogP contribution >= 0.6 is 0 Å². The van der Waals surface area contributed by atoms with Crippen molar-refractivity contribution in [2.75, 3.05) is 37.9 Å². The molecule has 0 saturated carbocycles. The second kappa shape index (κ2) is 10.5. The number of anilines is 1. The van der Waals surface area contributed by atoms with Crippen molar-refractivity contribution in [3.8, 4) is 17.2 Å². The number of rotatable bonds is 10. The molecule has 0 heterocycles. The number of hydrazone groups is 1. The third-order valence-corrected chi connectivity index (χ3v) is 5.08. The quantitative estimate of drug-likeness (QED) is 0.452. The van der Waals surface area contributed by atoms with Crippen LogP contribution in [0.5, 0.6) is 17.2 Å². The van der Waals surface area contributed by atoms with Crippen LogP contribution in [0.15, 0.2) is 47.6 Å². The number of sulfonamides is 1. The maximum atomic E-state index is 12.4. The van der Waals surface area contributed by atoms with Gasteiger partial charge in [-0.25, -0.2) is 13.8 Å². The number of carbonyl (C=O) groups is 1. The van der Waals surface area contributed by atoms with E-state index in [2.05, 4.69) is 10.5 Å². The average molecular weight is 436 g/mol. The maximum Gasteiger partial charge on any atom is 0.260 e. The van der Waals surface area contributed by atoms with Crippen molar-refractivity contribution in [1.29, 1.82) is 0 Å². The molecular formula is C20H25N3O6S. The number of para-hydroxylation sites is 2. The number of hydrogen-bond acceptors (Lipinski definition) is 7. The third kappa shape index (κ3) is 6.11. The van der Waals surface area contributed by atoms with Gasteiger partial charge in [0.05, 0.1) is 39.0 Å². The van der Waals surface area contributed by atoms with Gasteiger partial charge in [-0.05, 0) is 37.3 Å². The van der Waals surface area contributed by atoms with Gasteiger partial charge in [-0.15, -0.1) is 0 Å². The highest BCUT2D eigenvalue weighted by molar-refractivity contribution is 7.92. The summed E-state index contributed by atoms with van der Waals surface area (Å²) in [5.41, 5.74) is 3.19. The van der Waals surface area contributed by atoms with Crippen molar-refractivity contribution < 1.29 is 27.4 Å². The number of hydrogen-bond donors (Lipinski definition) is 1. The molecule has 0 atom stereocenters. The van der Waals surface area contributed by atoms with E-state index < -0.39 is 22.5 Å². The smallest absolute Gasteiger partial charge is 0.260 e. The number of benzene rings is 2. The predicted octanol–water partition coefficient (Wildman–Crippen LogP) is 2.02. The van der Waals surface area contributed by atoms with Crippen molar-refractivity contribution in [1.82, 2.24) is 5.43 Å². The highest BCUT2D eigenvalue weighted by atomic mass is 32.2. The summed E-state index contributed by atoms with van der Waals surface area (Å²) in [5, 5.41) is 3.90. The first kappa shape index (κ1) is 23.0. The lowest BCUT2D eigenvalue weighted by molar-refractivity contribution is -0.119. The summed E-state index contributed by atoms with van der Waals surface area (Å²) in [5.74, 6) is 0.879. The largest absolute Gasteiger partial charge is 0.497 e. The summed E-state index contributed by atoms with van der Waals surface area (Å²) in [7, 11) is -0.703. The Morgan fingerprint density at radius 1 is 1.13 bits per heavy atom. The van der Waals surface area contributed by atoms with Crippen molar-refractivity contribution in [2.24, 2.45) is 5.10 Å². The SMILES string of the molecule is CCOc1ccccc1N(CC(=O)N/N=C\c1cc(OC)ccc1OC)S(C)(=O)=O. The molecule has 162 valence electrons. The fourth-order valence-electron chi connectivity index (χ4n) is 2.60. The van der Waals surface area contributed by atoms with E-state index in [1.54, 1.807) is 49.4 Å². The molecule has 1 N–H and O–H groups in total. The molecule has 10 heteroatoms. The molecule has 2 rings (SSSR count). The second-order valence-electron chi connectivity index (χ2n) is 6.07. The normalized spacial score (nSPS) is 11.2. The summed E-state index contributed by atoms with van der Waals surface area (Å²) >= 11 is 0. The van der Waals surface area contributed by atoms with Crippen LogP contribution < -0.4 is 23.9 Å². The fourth-order valence-corrected chi connectivity index (χ4v) is 3.46. The Morgan fingerprint density at radius 2 is 1.87 bits per heavy atom. The molecule has 0 saturated heterocycles. The van der Waals surface area contributed by atoms with Crippen LogP contribution in [0, 0.1) is 0 Å². The minimum atomic E-state index is -3.75. The van der Waals surface area contributed by atoms with Crippen LogP contribution in [0.25, 0.3) is 0 Å². The summed E-state index contributed by atoms with van der Waals surface area (Å²) in [6.07, 6.45) is 2.41. The maximum absolute atomic E-state index is 12.4. The van der Waals surface area contributed by atoms with Crippen LogP contribution in [0.4, 0.5) is 5.69 Å². The van der Waals surface area contributed by atoms with Crippen LogP contribution in [0.3, 0.4) is 0 Å². The zero-order valence-electron chi connectivity index (χ0n) is 17.3. The molecule has 0 aliphatic rings. The van der Waals surface area contributed by atoms with Gasteiger partial charge in [-0.2, -0.15) is 5.10 Å². The molecule has 0 radical (unpaired) electrons. The van der Waals surface area contributed by atoms with Gasteiger partial charge in [-0.1, -0.05) is 12.1 Å². The van der Waals surface area contributed by atoms with E-state index in [1.165, 1.54) is 20.4 Å². The molecule has 2 aromatic carbocycles. The van der Waals surface area contributed by atoms with Crippen LogP contribution in [0.1, 0.15) is 12.5 Å². The van der Waals surface area contributed by atoms with Crippen LogP contribution in [-0.2, 0) is 14.8 Å². The van der Waals surface area contributed by atoms with Gasteiger partial charge in [0.15, 0.2) is 0 Å². The molecule has 2 aromatic rings. The zero-order chi connectivity index (χ0) is 22.1. The monoisotopic (exact) mass is 435 g/mol. The first-order chi connectivity index (χ1) is 14.3. The molecule has 0 fully saturated rings. The van der Waals surface area contributed by atoms with Crippen molar-refractivity contribution in [2.45, 2.75) is 6.92 Å². The number of carbonyl (C=O) groups excluding carboxylic acids is 1. The van der Waals surface area contributed by atoms with E-state index in [1.807, 2.05) is 0 Å². The number of amides is 1. The zero-order valence-corrected chi connectivity index (χ0v) is 18.1. The van der Waals surface area contributed by atoms with Crippen LogP contribution in [0.2, 0.25) is 0 Å². The van der Waals surface area contributed by atoms with Gasteiger partial charge in [0.2, 0.25) is 10.0 Å². The third-order valence-electron chi connectivity index (χ3n) is 3.95. The molecule has 0 aliphatic heterocycles. The standard InChI is InChI=1S/C20H25N3O6S/c1-5-29-19-9-7-6-8-17(19)23(30(4,25)26)14-20(24)22-21-13-15-12-16(27-2)10-11-18(15)28-3/h6-13H,5,14H2,1-4H3,(H,22,24)/b21-13-. The summed E-state index contributed by atoms with van der Waals surface area (Å²) in [6, 6.07) is 11.7. The summed E-state index contributed by atoms with van der Waals surface area (Å²) in [6.45, 7) is 1.68. The molecule has 30 heavy (non-hydrogen) atoms. The Balaban J connectivity index is 2.18. The molecule has 0 aliphatic carbocycles. The molecule has 1 amide bonds. The molecule has 0 unspecified atom stereocenters. The van der Waals surface area contributed by atoms with E-state index in [-0.39, 0.29) is 5.69 Å². The molecule has 0 spiro atoms. The lowest BCUT2D eigenvalue weighted by Gasteiger charge is -2.23. The fraction of sp³-hybridized carbons (Fsp3) is 0.300. The molecule has 0 aromatic heterocycles. The first-order valence-corrected chi connectivity index (χ1v) is 10.9. The molecular weight excluding hydrogens is 410 g/mol. The highest BCUT2D eigenvalue weighted by Crippen LogP contribution is 2.29. The van der Waals surface area contributed by atoms with Crippen molar-refractivity contribution in [3.05, 3.63) is 48.0 Å². The molecule has 0 bridgehead atoms. The Bertz CT molecular complexity index is 1010. The minimum Gasteiger partial charge on any atom is -0.497 e. The first-order valence-electron chi connectivity index (χ1n) is 9.03. The van der Waals surface area contributed by atoms with E-state index in [4.69, 9.17) is 14.2 Å². The average Bonchev–Trinajstić information content (AvgIpc) is 2.72. The number of nitrogens with zero attached hydrogens (tertiary/aromatic N) is 2. The van der Waals surface area contributed by atoms with Gasteiger partial charge in [0.25, 0.3) is 5.91 Å². The van der Waals surface area contributed by atoms with Crippen LogP contribution in [-0.4, -0.2) is 54.2 Å². The van der Waals surface area contributed by atoms with Gasteiger partial charge < -0.3 is 14.2 Å². The summed E-state index contributed by atoms with van der Waals surface area (Å²) in [4.78, 5) is 12.4. The predicted molar refractivity (Wildman–Crippen MR) is 115 cm³/mol. The van der Waals surface area contributed by atoms with E-state index >= 15 is 0 Å². The van der Waals surface area contributed by atoms with E-state index in [0.717, 1.165) is 10.6 Å². The lowest BCUT2D eigenvalue weighted by Crippen LogP contribution is -2.39. The van der Waals surface area contributed by atoms with Crippen molar-refractivity contribution >= 4 is 27.8 Å². The van der Waals surface area contributed by atoms with Gasteiger partial charge in [0.1, 0.15) is 23.8 Å². The number of methoxy groups -OCH3 is 2. The Kier molecular flexibility index (Phi) is 8.05. The van der Waals surface area contributed by atoms with Gasteiger partial charge in [0, 0.05) is 5.56 Å². The Hall–Kier alpha value is -3.27. The van der Waals surface area contributed by atoms with Gasteiger partial charge >= 0.3 is 0 Å². The summed E-state index contributed by atoms with van der Waals surface area (Å²) < 4.78 is 41.5. The topological polar surface area (TPSA) is 107 Å². The molecule has 9 nitrogen and oxygen atoms in total. The number of nitrogens with one attached hydrogen (secondary N) is 1. The van der Waals surface area contributed by atoms with Gasteiger partial charge in [-0.3, -0.25) is 9.10 Å².